The SMILES string of the molecule is CC(C)C1NCC2(CCC2)c2oc(Cl)cc21. The minimum absolute atomic E-state index is 0.258. The van der Waals surface area contributed by atoms with Gasteiger partial charge < -0.3 is 9.73 Å². The summed E-state index contributed by atoms with van der Waals surface area (Å²) in [6.07, 6.45) is 3.79. The molecule has 3 heteroatoms. The second-order valence-corrected chi connectivity index (χ2v) is 5.94. The largest absolute Gasteiger partial charge is 0.449 e. The molecule has 3 rings (SSSR count). The van der Waals surface area contributed by atoms with Crippen LogP contribution >= 0.6 is 11.6 Å². The Balaban J connectivity index is 2.06. The Morgan fingerprint density at radius 2 is 2.25 bits per heavy atom. The third-order valence-electron chi connectivity index (χ3n) is 4.19. The lowest BCUT2D eigenvalue weighted by Gasteiger charge is -2.46. The summed E-state index contributed by atoms with van der Waals surface area (Å²) in [4.78, 5) is 0. The van der Waals surface area contributed by atoms with Crippen molar-refractivity contribution in [1.29, 1.82) is 0 Å². The zero-order chi connectivity index (χ0) is 11.3. The highest BCUT2D eigenvalue weighted by molar-refractivity contribution is 6.29. The minimum atomic E-state index is 0.258. The molecule has 2 heterocycles. The number of hydrogen-bond acceptors (Lipinski definition) is 2. The maximum atomic E-state index is 6.03. The first-order valence-electron chi connectivity index (χ1n) is 6.15. The van der Waals surface area contributed by atoms with E-state index in [0.717, 1.165) is 6.54 Å². The lowest BCUT2D eigenvalue weighted by Crippen LogP contribution is -2.50. The molecule has 2 aliphatic rings. The molecule has 1 N–H and O–H groups in total. The van der Waals surface area contributed by atoms with Gasteiger partial charge in [0.15, 0.2) is 5.22 Å². The van der Waals surface area contributed by atoms with Gasteiger partial charge >= 0.3 is 0 Å². The van der Waals surface area contributed by atoms with Gasteiger partial charge in [-0.3, -0.25) is 0 Å². The van der Waals surface area contributed by atoms with Crippen LogP contribution in [0.15, 0.2) is 10.5 Å². The molecule has 0 saturated heterocycles. The highest BCUT2D eigenvalue weighted by Gasteiger charge is 2.47. The second-order valence-electron chi connectivity index (χ2n) is 5.57. The van der Waals surface area contributed by atoms with Crippen molar-refractivity contribution in [3.05, 3.63) is 22.6 Å². The van der Waals surface area contributed by atoms with Crippen molar-refractivity contribution in [2.24, 2.45) is 5.92 Å². The Kier molecular flexibility index (Phi) is 2.34. The number of fused-ring (bicyclic) bond motifs is 2. The average Bonchev–Trinajstić information content (AvgIpc) is 2.54. The number of rotatable bonds is 1. The Labute approximate surface area is 101 Å². The molecule has 1 aromatic rings. The summed E-state index contributed by atoms with van der Waals surface area (Å²) in [5, 5.41) is 4.21. The number of furan rings is 1. The van der Waals surface area contributed by atoms with Crippen molar-refractivity contribution in [2.75, 3.05) is 6.54 Å². The van der Waals surface area contributed by atoms with Gasteiger partial charge in [-0.25, -0.2) is 0 Å². The van der Waals surface area contributed by atoms with Crippen LogP contribution in [0.1, 0.15) is 50.5 Å². The Morgan fingerprint density at radius 1 is 1.50 bits per heavy atom. The molecule has 88 valence electrons. The fourth-order valence-corrected chi connectivity index (χ4v) is 3.31. The molecular formula is C13H18ClNO. The summed E-state index contributed by atoms with van der Waals surface area (Å²) >= 11 is 6.03. The standard InChI is InChI=1S/C13H18ClNO/c1-8(2)11-9-6-10(14)16-12(9)13(7-15-11)4-3-5-13/h6,8,11,15H,3-5,7H2,1-2H3. The maximum Gasteiger partial charge on any atom is 0.193 e. The molecule has 0 bridgehead atoms. The Hall–Kier alpha value is -0.470. The number of nitrogens with one attached hydrogen (secondary N) is 1. The topological polar surface area (TPSA) is 25.2 Å². The van der Waals surface area contributed by atoms with E-state index in [4.69, 9.17) is 16.0 Å². The van der Waals surface area contributed by atoms with E-state index in [-0.39, 0.29) is 5.41 Å². The highest BCUT2D eigenvalue weighted by Crippen LogP contribution is 2.50. The number of hydrogen-bond donors (Lipinski definition) is 1. The van der Waals surface area contributed by atoms with Gasteiger partial charge in [0.25, 0.3) is 0 Å². The molecule has 0 amide bonds. The molecule has 16 heavy (non-hydrogen) atoms. The monoisotopic (exact) mass is 239 g/mol. The van der Waals surface area contributed by atoms with E-state index in [0.29, 0.717) is 17.2 Å². The quantitative estimate of drug-likeness (QED) is 0.809. The third kappa shape index (κ3) is 1.36. The molecular weight excluding hydrogens is 222 g/mol. The molecule has 1 spiro atoms. The van der Waals surface area contributed by atoms with Crippen molar-refractivity contribution in [2.45, 2.75) is 44.6 Å². The van der Waals surface area contributed by atoms with Gasteiger partial charge in [-0.1, -0.05) is 20.3 Å². The predicted molar refractivity (Wildman–Crippen MR) is 64.8 cm³/mol. The predicted octanol–water partition coefficient (Wildman–Crippen LogP) is 3.66. The van der Waals surface area contributed by atoms with E-state index in [2.05, 4.69) is 19.2 Å². The van der Waals surface area contributed by atoms with Crippen LogP contribution in [0.25, 0.3) is 0 Å². The van der Waals surface area contributed by atoms with Gasteiger partial charge in [0.05, 0.1) is 0 Å². The molecule has 1 aliphatic carbocycles. The molecule has 1 saturated carbocycles. The van der Waals surface area contributed by atoms with Crippen molar-refractivity contribution >= 4 is 11.6 Å². The summed E-state index contributed by atoms with van der Waals surface area (Å²) in [7, 11) is 0. The van der Waals surface area contributed by atoms with E-state index in [9.17, 15) is 0 Å². The van der Waals surface area contributed by atoms with Gasteiger partial charge in [-0.2, -0.15) is 0 Å². The van der Waals surface area contributed by atoms with Crippen LogP contribution < -0.4 is 5.32 Å². The smallest absolute Gasteiger partial charge is 0.193 e. The van der Waals surface area contributed by atoms with E-state index >= 15 is 0 Å². The third-order valence-corrected chi connectivity index (χ3v) is 4.37. The first kappa shape index (κ1) is 10.7. The van der Waals surface area contributed by atoms with Crippen molar-refractivity contribution in [3.63, 3.8) is 0 Å². The second kappa shape index (κ2) is 3.51. The van der Waals surface area contributed by atoms with Crippen molar-refractivity contribution < 1.29 is 4.42 Å². The molecule has 1 unspecified atom stereocenters. The molecule has 1 aliphatic heterocycles. The first-order valence-corrected chi connectivity index (χ1v) is 6.53. The normalized spacial score (nSPS) is 26.9. The van der Waals surface area contributed by atoms with Gasteiger partial charge in [0, 0.05) is 29.6 Å². The van der Waals surface area contributed by atoms with Gasteiger partial charge in [-0.15, -0.1) is 0 Å². The first-order chi connectivity index (χ1) is 7.62. The molecule has 2 nitrogen and oxygen atoms in total. The van der Waals surface area contributed by atoms with Crippen LogP contribution in [-0.2, 0) is 5.41 Å². The number of halogens is 1. The summed E-state index contributed by atoms with van der Waals surface area (Å²) in [5.74, 6) is 1.74. The molecule has 1 fully saturated rings. The van der Waals surface area contributed by atoms with Gasteiger partial charge in [0.2, 0.25) is 0 Å². The van der Waals surface area contributed by atoms with Crippen LogP contribution in [0.4, 0.5) is 0 Å². The van der Waals surface area contributed by atoms with Crippen LogP contribution in [0, 0.1) is 5.92 Å². The lowest BCUT2D eigenvalue weighted by molar-refractivity contribution is 0.158. The lowest BCUT2D eigenvalue weighted by atomic mass is 9.63. The van der Waals surface area contributed by atoms with Crippen molar-refractivity contribution in [1.82, 2.24) is 5.32 Å². The summed E-state index contributed by atoms with van der Waals surface area (Å²) in [6.45, 7) is 5.52. The van der Waals surface area contributed by atoms with E-state index in [1.54, 1.807) is 0 Å². The fourth-order valence-electron chi connectivity index (χ4n) is 3.12. The molecule has 0 radical (unpaired) electrons. The van der Waals surface area contributed by atoms with Crippen LogP contribution in [0.2, 0.25) is 5.22 Å². The zero-order valence-corrected chi connectivity index (χ0v) is 10.6. The van der Waals surface area contributed by atoms with E-state index in [1.807, 2.05) is 6.07 Å². The van der Waals surface area contributed by atoms with Crippen LogP contribution in [-0.4, -0.2) is 6.54 Å². The van der Waals surface area contributed by atoms with Crippen LogP contribution in [0.3, 0.4) is 0 Å². The molecule has 1 atom stereocenters. The van der Waals surface area contributed by atoms with Gasteiger partial charge in [-0.05, 0) is 30.4 Å². The minimum Gasteiger partial charge on any atom is -0.449 e. The molecule has 1 aromatic heterocycles. The maximum absolute atomic E-state index is 6.03. The van der Waals surface area contributed by atoms with Crippen molar-refractivity contribution in [3.8, 4) is 0 Å². The Morgan fingerprint density at radius 3 is 2.81 bits per heavy atom. The summed E-state index contributed by atoms with van der Waals surface area (Å²) in [5.41, 5.74) is 1.55. The molecule has 0 aromatic carbocycles. The van der Waals surface area contributed by atoms with Gasteiger partial charge in [0.1, 0.15) is 5.76 Å². The fraction of sp³-hybridized carbons (Fsp3) is 0.692. The van der Waals surface area contributed by atoms with E-state index in [1.165, 1.54) is 30.6 Å². The summed E-state index contributed by atoms with van der Waals surface area (Å²) in [6, 6.07) is 2.41. The summed E-state index contributed by atoms with van der Waals surface area (Å²) < 4.78 is 5.77. The average molecular weight is 240 g/mol. The Bertz CT molecular complexity index is 406. The van der Waals surface area contributed by atoms with E-state index < -0.39 is 0 Å². The highest BCUT2D eigenvalue weighted by atomic mass is 35.5. The zero-order valence-electron chi connectivity index (χ0n) is 9.85. The van der Waals surface area contributed by atoms with Crippen LogP contribution in [0.5, 0.6) is 0 Å².